The molecule has 1 aliphatic carbocycles. The number of hydrogen-bond acceptors (Lipinski definition) is 3. The third-order valence-corrected chi connectivity index (χ3v) is 5.06. The van der Waals surface area contributed by atoms with E-state index in [1.807, 2.05) is 0 Å². The fourth-order valence-electron chi connectivity index (χ4n) is 2.98. The van der Waals surface area contributed by atoms with Gasteiger partial charge in [-0.05, 0) is 37.4 Å². The maximum absolute atomic E-state index is 12.0. The lowest BCUT2D eigenvalue weighted by atomic mass is 9.94. The number of carboxylic acids is 1. The molecular formula is C15H28N2O3S. The van der Waals surface area contributed by atoms with Crippen molar-refractivity contribution >= 4 is 23.8 Å². The third kappa shape index (κ3) is 7.07. The van der Waals surface area contributed by atoms with Crippen LogP contribution in [-0.4, -0.2) is 41.2 Å². The summed E-state index contributed by atoms with van der Waals surface area (Å²) in [4.78, 5) is 22.8. The van der Waals surface area contributed by atoms with E-state index in [-0.39, 0.29) is 24.4 Å². The van der Waals surface area contributed by atoms with Crippen LogP contribution in [0.25, 0.3) is 0 Å². The highest BCUT2D eigenvalue weighted by Gasteiger charge is 2.27. The number of carbonyl (C=O) groups is 2. The van der Waals surface area contributed by atoms with Crippen molar-refractivity contribution in [2.75, 3.05) is 12.8 Å². The fraction of sp³-hybridized carbons (Fsp3) is 0.867. The first-order valence-corrected chi connectivity index (χ1v) is 9.00. The van der Waals surface area contributed by atoms with Crippen LogP contribution in [0.3, 0.4) is 0 Å². The minimum atomic E-state index is -0.805. The molecule has 6 heteroatoms. The van der Waals surface area contributed by atoms with Crippen LogP contribution in [0.2, 0.25) is 0 Å². The number of hydrogen-bond donors (Lipinski definition) is 3. The van der Waals surface area contributed by atoms with Crippen LogP contribution in [-0.2, 0) is 4.79 Å². The van der Waals surface area contributed by atoms with Gasteiger partial charge >= 0.3 is 12.0 Å². The number of carbonyl (C=O) groups excluding carboxylic acids is 1. The monoisotopic (exact) mass is 316 g/mol. The molecule has 1 fully saturated rings. The van der Waals surface area contributed by atoms with E-state index < -0.39 is 5.97 Å². The average molecular weight is 316 g/mol. The van der Waals surface area contributed by atoms with Crippen molar-refractivity contribution in [1.82, 2.24) is 10.6 Å². The Bertz CT molecular complexity index is 350. The zero-order chi connectivity index (χ0) is 15.8. The van der Waals surface area contributed by atoms with Gasteiger partial charge in [-0.2, -0.15) is 11.8 Å². The summed E-state index contributed by atoms with van der Waals surface area (Å²) in [5, 5.41) is 15.3. The van der Waals surface area contributed by atoms with Crippen LogP contribution in [0.5, 0.6) is 0 Å². The predicted octanol–water partition coefficient (Wildman–Crippen LogP) is 2.71. The van der Waals surface area contributed by atoms with Gasteiger partial charge in [0.1, 0.15) is 0 Å². The van der Waals surface area contributed by atoms with Crippen LogP contribution < -0.4 is 10.6 Å². The summed E-state index contributed by atoms with van der Waals surface area (Å²) in [5.41, 5.74) is 0. The average Bonchev–Trinajstić information content (AvgIpc) is 2.81. The first-order valence-electron chi connectivity index (χ1n) is 7.71. The van der Waals surface area contributed by atoms with E-state index in [0.717, 1.165) is 25.7 Å². The molecule has 21 heavy (non-hydrogen) atoms. The van der Waals surface area contributed by atoms with E-state index in [4.69, 9.17) is 5.11 Å². The Morgan fingerprint density at radius 2 is 2.05 bits per heavy atom. The second-order valence-corrected chi connectivity index (χ2v) is 7.34. The summed E-state index contributed by atoms with van der Waals surface area (Å²) < 4.78 is 0. The summed E-state index contributed by atoms with van der Waals surface area (Å²) in [5.74, 6) is -0.385. The van der Waals surface area contributed by atoms with Gasteiger partial charge in [-0.25, -0.2) is 4.79 Å². The molecule has 5 nitrogen and oxygen atoms in total. The number of rotatable bonds is 8. The smallest absolute Gasteiger partial charge is 0.315 e. The van der Waals surface area contributed by atoms with Crippen LogP contribution in [0.4, 0.5) is 4.79 Å². The topological polar surface area (TPSA) is 78.4 Å². The molecule has 3 atom stereocenters. The molecular weight excluding hydrogens is 288 g/mol. The molecule has 0 saturated heterocycles. The Morgan fingerprint density at radius 3 is 2.62 bits per heavy atom. The van der Waals surface area contributed by atoms with Crippen molar-refractivity contribution in [3.8, 4) is 0 Å². The molecule has 2 unspecified atom stereocenters. The second kappa shape index (κ2) is 9.18. The summed E-state index contributed by atoms with van der Waals surface area (Å²) in [6.07, 6.45) is 6.34. The standard InChI is InChI=1S/C15H28N2O3S/c1-10(2)7-11(8-14(18)19)9-16-15(20)17-12-5-4-6-13(12)21-3/h10-13H,4-9H2,1-3H3,(H,18,19)(H2,16,17,20)/t11-,12?,13?/m0/s1. The Morgan fingerprint density at radius 1 is 1.33 bits per heavy atom. The summed E-state index contributed by atoms with van der Waals surface area (Å²) in [7, 11) is 0. The lowest BCUT2D eigenvalue weighted by molar-refractivity contribution is -0.138. The molecule has 3 N–H and O–H groups in total. The molecule has 0 heterocycles. The van der Waals surface area contributed by atoms with Crippen LogP contribution >= 0.6 is 11.8 Å². The Kier molecular flexibility index (Phi) is 7.93. The normalized spacial score (nSPS) is 23.0. The van der Waals surface area contributed by atoms with Crippen molar-refractivity contribution in [2.45, 2.75) is 57.2 Å². The number of nitrogens with one attached hydrogen (secondary N) is 2. The highest BCUT2D eigenvalue weighted by Crippen LogP contribution is 2.28. The zero-order valence-electron chi connectivity index (χ0n) is 13.2. The maximum atomic E-state index is 12.0. The first-order chi connectivity index (χ1) is 9.92. The highest BCUT2D eigenvalue weighted by molar-refractivity contribution is 7.99. The molecule has 1 saturated carbocycles. The van der Waals surface area contributed by atoms with Gasteiger partial charge in [0.2, 0.25) is 0 Å². The minimum Gasteiger partial charge on any atom is -0.481 e. The fourth-order valence-corrected chi connectivity index (χ4v) is 3.92. The predicted molar refractivity (Wildman–Crippen MR) is 86.7 cm³/mol. The van der Waals surface area contributed by atoms with E-state index in [0.29, 0.717) is 17.7 Å². The molecule has 0 aliphatic heterocycles. The van der Waals surface area contributed by atoms with E-state index in [9.17, 15) is 9.59 Å². The van der Waals surface area contributed by atoms with Crippen molar-refractivity contribution in [2.24, 2.45) is 11.8 Å². The lowest BCUT2D eigenvalue weighted by Gasteiger charge is -2.21. The van der Waals surface area contributed by atoms with E-state index in [1.165, 1.54) is 0 Å². The van der Waals surface area contributed by atoms with Gasteiger partial charge in [0, 0.05) is 24.3 Å². The van der Waals surface area contributed by atoms with Gasteiger partial charge in [0.15, 0.2) is 0 Å². The zero-order valence-corrected chi connectivity index (χ0v) is 14.0. The van der Waals surface area contributed by atoms with E-state index in [1.54, 1.807) is 11.8 Å². The first kappa shape index (κ1) is 18.1. The van der Waals surface area contributed by atoms with Crippen LogP contribution in [0.15, 0.2) is 0 Å². The lowest BCUT2D eigenvalue weighted by Crippen LogP contribution is -2.46. The summed E-state index contributed by atoms with van der Waals surface area (Å²) >= 11 is 1.80. The van der Waals surface area contributed by atoms with Gasteiger partial charge in [0.25, 0.3) is 0 Å². The molecule has 0 aromatic carbocycles. The van der Waals surface area contributed by atoms with Crippen LogP contribution in [0, 0.1) is 11.8 Å². The van der Waals surface area contributed by atoms with Crippen molar-refractivity contribution in [3.05, 3.63) is 0 Å². The van der Waals surface area contributed by atoms with Crippen molar-refractivity contribution < 1.29 is 14.7 Å². The Labute approximate surface area is 131 Å². The van der Waals surface area contributed by atoms with Crippen LogP contribution in [0.1, 0.15) is 46.0 Å². The minimum absolute atomic E-state index is 0.00632. The molecule has 0 aromatic heterocycles. The number of carboxylic acid groups (broad SMARTS) is 1. The van der Waals surface area contributed by atoms with Gasteiger partial charge in [-0.15, -0.1) is 0 Å². The number of urea groups is 1. The molecule has 1 aliphatic rings. The third-order valence-electron chi connectivity index (χ3n) is 3.89. The largest absolute Gasteiger partial charge is 0.481 e. The molecule has 0 radical (unpaired) electrons. The second-order valence-electron chi connectivity index (χ2n) is 6.26. The van der Waals surface area contributed by atoms with Gasteiger partial charge < -0.3 is 15.7 Å². The number of thioether (sulfide) groups is 1. The molecule has 2 amide bonds. The molecule has 122 valence electrons. The van der Waals surface area contributed by atoms with Gasteiger partial charge in [0.05, 0.1) is 0 Å². The molecule has 0 spiro atoms. The quantitative estimate of drug-likeness (QED) is 0.643. The highest BCUT2D eigenvalue weighted by atomic mass is 32.2. The number of amides is 2. The van der Waals surface area contributed by atoms with Gasteiger partial charge in [-0.3, -0.25) is 4.79 Å². The SMILES string of the molecule is CSC1CCCC1NC(=O)NC[C@H](CC(=O)O)CC(C)C. The number of aliphatic carboxylic acids is 1. The van der Waals surface area contributed by atoms with E-state index in [2.05, 4.69) is 30.7 Å². The van der Waals surface area contributed by atoms with Crippen molar-refractivity contribution in [3.63, 3.8) is 0 Å². The molecule has 0 bridgehead atoms. The summed E-state index contributed by atoms with van der Waals surface area (Å²) in [6.45, 7) is 4.56. The summed E-state index contributed by atoms with van der Waals surface area (Å²) in [6, 6.07) is 0.0723. The molecule has 0 aromatic rings. The Balaban J connectivity index is 2.36. The van der Waals surface area contributed by atoms with Crippen molar-refractivity contribution in [1.29, 1.82) is 0 Å². The maximum Gasteiger partial charge on any atom is 0.315 e. The Hall–Kier alpha value is -0.910. The molecule has 1 rings (SSSR count). The van der Waals surface area contributed by atoms with Gasteiger partial charge in [-0.1, -0.05) is 20.3 Å². The van der Waals surface area contributed by atoms with E-state index >= 15 is 0 Å².